The Hall–Kier alpha value is -1.22. The van der Waals surface area contributed by atoms with Crippen LogP contribution in [0.2, 0.25) is 0 Å². The number of sulfonamides is 1. The number of fused-ring (bicyclic) bond motifs is 1. The van der Waals surface area contributed by atoms with Crippen LogP contribution in [0.4, 0.5) is 0 Å². The van der Waals surface area contributed by atoms with Gasteiger partial charge < -0.3 is 9.84 Å². The van der Waals surface area contributed by atoms with Gasteiger partial charge in [-0.1, -0.05) is 12.1 Å². The highest BCUT2D eigenvalue weighted by molar-refractivity contribution is 7.89. The molecule has 0 amide bonds. The molecule has 2 aromatic heterocycles. The lowest BCUT2D eigenvalue weighted by Gasteiger charge is -2.11. The quantitative estimate of drug-likeness (QED) is 0.845. The van der Waals surface area contributed by atoms with Crippen molar-refractivity contribution in [2.75, 3.05) is 13.1 Å². The maximum Gasteiger partial charge on any atom is 0.258 e. The average molecular weight is 347 g/mol. The van der Waals surface area contributed by atoms with E-state index in [4.69, 9.17) is 4.52 Å². The Bertz CT molecular complexity index is 741. The van der Waals surface area contributed by atoms with Gasteiger partial charge in [0.2, 0.25) is 10.0 Å². The number of aromatic nitrogens is 2. The number of nitrogens with zero attached hydrogens (tertiary/aromatic N) is 2. The zero-order valence-corrected chi connectivity index (χ0v) is 13.8. The molecule has 0 bridgehead atoms. The van der Waals surface area contributed by atoms with E-state index < -0.39 is 10.0 Å². The van der Waals surface area contributed by atoms with Crippen molar-refractivity contribution < 1.29 is 12.9 Å². The van der Waals surface area contributed by atoms with Gasteiger partial charge in [-0.15, -0.1) is 12.4 Å². The van der Waals surface area contributed by atoms with E-state index in [1.807, 2.05) is 6.92 Å². The number of hydrogen-bond donors (Lipinski definition) is 2. The Morgan fingerprint density at radius 2 is 2.32 bits per heavy atom. The monoisotopic (exact) mass is 346 g/mol. The van der Waals surface area contributed by atoms with Crippen molar-refractivity contribution in [1.82, 2.24) is 20.2 Å². The molecular weight excluding hydrogens is 328 g/mol. The smallest absolute Gasteiger partial charge is 0.258 e. The molecule has 0 aromatic carbocycles. The van der Waals surface area contributed by atoms with Crippen LogP contribution in [0, 0.1) is 0 Å². The van der Waals surface area contributed by atoms with Crippen LogP contribution in [-0.2, 0) is 16.4 Å². The van der Waals surface area contributed by atoms with Crippen LogP contribution in [0.3, 0.4) is 0 Å². The van der Waals surface area contributed by atoms with Crippen LogP contribution >= 0.6 is 12.4 Å². The SMILES string of the molecule is CCc1noc2ncc(S(=O)(=O)NCC3CCCN3)cc12.Cl. The van der Waals surface area contributed by atoms with Crippen LogP contribution < -0.4 is 10.0 Å². The fourth-order valence-electron chi connectivity index (χ4n) is 2.49. The van der Waals surface area contributed by atoms with Crippen LogP contribution in [0.15, 0.2) is 21.7 Å². The Kier molecular flexibility index (Phi) is 5.38. The van der Waals surface area contributed by atoms with Crippen molar-refractivity contribution in [2.45, 2.75) is 37.1 Å². The molecule has 0 radical (unpaired) electrons. The first kappa shape index (κ1) is 17.1. The number of nitrogens with one attached hydrogen (secondary N) is 2. The molecule has 0 saturated carbocycles. The predicted octanol–water partition coefficient (Wildman–Crippen LogP) is 1.24. The summed E-state index contributed by atoms with van der Waals surface area (Å²) in [6.07, 6.45) is 4.04. The van der Waals surface area contributed by atoms with Crippen molar-refractivity contribution in [3.63, 3.8) is 0 Å². The first-order valence-electron chi connectivity index (χ1n) is 7.07. The zero-order chi connectivity index (χ0) is 14.9. The lowest BCUT2D eigenvalue weighted by Crippen LogP contribution is -2.37. The van der Waals surface area contributed by atoms with E-state index in [1.54, 1.807) is 6.07 Å². The van der Waals surface area contributed by atoms with E-state index in [0.29, 0.717) is 29.8 Å². The summed E-state index contributed by atoms with van der Waals surface area (Å²) in [5, 5.41) is 7.79. The Labute approximate surface area is 135 Å². The molecule has 3 heterocycles. The molecular formula is C13H19ClN4O3S. The van der Waals surface area contributed by atoms with Gasteiger partial charge in [0, 0.05) is 12.6 Å². The summed E-state index contributed by atoms with van der Waals surface area (Å²) in [7, 11) is -3.56. The second-order valence-electron chi connectivity index (χ2n) is 5.15. The molecule has 0 spiro atoms. The summed E-state index contributed by atoms with van der Waals surface area (Å²) in [5.74, 6) is 0. The average Bonchev–Trinajstić information content (AvgIpc) is 3.13. The van der Waals surface area contributed by atoms with Crippen molar-refractivity contribution in [2.24, 2.45) is 0 Å². The topological polar surface area (TPSA) is 97.1 Å². The summed E-state index contributed by atoms with van der Waals surface area (Å²) in [6.45, 7) is 3.27. The molecule has 2 aromatic rings. The van der Waals surface area contributed by atoms with Gasteiger partial charge in [-0.05, 0) is 31.9 Å². The Morgan fingerprint density at radius 1 is 1.50 bits per heavy atom. The van der Waals surface area contributed by atoms with E-state index in [-0.39, 0.29) is 23.3 Å². The standard InChI is InChI=1S/C13H18N4O3S.ClH/c1-2-12-11-6-10(8-15-13(11)20-17-12)21(18,19)16-7-9-4-3-5-14-9;/h6,8-9,14,16H,2-5,7H2,1H3;1H. The molecule has 1 saturated heterocycles. The van der Waals surface area contributed by atoms with Crippen molar-refractivity contribution in [3.05, 3.63) is 18.0 Å². The van der Waals surface area contributed by atoms with Gasteiger partial charge in [-0.3, -0.25) is 0 Å². The lowest BCUT2D eigenvalue weighted by molar-refractivity contribution is 0.439. The normalized spacial score (nSPS) is 18.5. The molecule has 1 atom stereocenters. The lowest BCUT2D eigenvalue weighted by atomic mass is 10.2. The van der Waals surface area contributed by atoms with E-state index in [1.165, 1.54) is 6.20 Å². The summed E-state index contributed by atoms with van der Waals surface area (Å²) in [5.41, 5.74) is 1.08. The molecule has 1 aliphatic rings. The molecule has 122 valence electrons. The highest BCUT2D eigenvalue weighted by atomic mass is 35.5. The van der Waals surface area contributed by atoms with E-state index in [0.717, 1.165) is 19.4 Å². The molecule has 1 unspecified atom stereocenters. The fourth-order valence-corrected chi connectivity index (χ4v) is 3.54. The van der Waals surface area contributed by atoms with Crippen LogP contribution in [0.5, 0.6) is 0 Å². The van der Waals surface area contributed by atoms with Crippen LogP contribution in [0.25, 0.3) is 11.1 Å². The highest BCUT2D eigenvalue weighted by Gasteiger charge is 2.21. The maximum atomic E-state index is 12.3. The number of hydrogen-bond acceptors (Lipinski definition) is 6. The molecule has 1 fully saturated rings. The minimum atomic E-state index is -3.56. The van der Waals surface area contributed by atoms with Gasteiger partial charge >= 0.3 is 0 Å². The predicted molar refractivity (Wildman–Crippen MR) is 84.6 cm³/mol. The fraction of sp³-hybridized carbons (Fsp3) is 0.538. The number of halogens is 1. The van der Waals surface area contributed by atoms with E-state index in [2.05, 4.69) is 20.2 Å². The van der Waals surface area contributed by atoms with Gasteiger partial charge in [0.25, 0.3) is 5.71 Å². The van der Waals surface area contributed by atoms with Gasteiger partial charge in [0.1, 0.15) is 4.90 Å². The third kappa shape index (κ3) is 3.40. The summed E-state index contributed by atoms with van der Waals surface area (Å²) >= 11 is 0. The van der Waals surface area contributed by atoms with E-state index >= 15 is 0 Å². The molecule has 22 heavy (non-hydrogen) atoms. The molecule has 2 N–H and O–H groups in total. The zero-order valence-electron chi connectivity index (χ0n) is 12.2. The first-order valence-corrected chi connectivity index (χ1v) is 8.56. The second-order valence-corrected chi connectivity index (χ2v) is 6.92. The van der Waals surface area contributed by atoms with Crippen molar-refractivity contribution >= 4 is 33.5 Å². The number of aryl methyl sites for hydroxylation is 1. The van der Waals surface area contributed by atoms with Crippen molar-refractivity contribution in [1.29, 1.82) is 0 Å². The third-order valence-electron chi connectivity index (χ3n) is 3.71. The van der Waals surface area contributed by atoms with Gasteiger partial charge in [0.05, 0.1) is 17.3 Å². The minimum absolute atomic E-state index is 0. The summed E-state index contributed by atoms with van der Waals surface area (Å²) in [4.78, 5) is 4.18. The number of rotatable bonds is 5. The van der Waals surface area contributed by atoms with E-state index in [9.17, 15) is 8.42 Å². The third-order valence-corrected chi connectivity index (χ3v) is 5.10. The summed E-state index contributed by atoms with van der Waals surface area (Å²) in [6, 6.07) is 1.78. The molecule has 3 rings (SSSR count). The maximum absolute atomic E-state index is 12.3. The molecule has 7 nitrogen and oxygen atoms in total. The first-order chi connectivity index (χ1) is 10.1. The summed E-state index contributed by atoms with van der Waals surface area (Å²) < 4.78 is 32.3. The number of pyridine rings is 1. The molecule has 0 aliphatic carbocycles. The Morgan fingerprint density at radius 3 is 3.00 bits per heavy atom. The highest BCUT2D eigenvalue weighted by Crippen LogP contribution is 2.20. The van der Waals surface area contributed by atoms with Gasteiger partial charge in [-0.2, -0.15) is 0 Å². The van der Waals surface area contributed by atoms with Crippen LogP contribution in [-0.4, -0.2) is 37.7 Å². The van der Waals surface area contributed by atoms with Crippen molar-refractivity contribution in [3.8, 4) is 0 Å². The Balaban J connectivity index is 0.00000176. The minimum Gasteiger partial charge on any atom is -0.336 e. The van der Waals surface area contributed by atoms with Crippen LogP contribution in [0.1, 0.15) is 25.5 Å². The van der Waals surface area contributed by atoms with Gasteiger partial charge in [-0.25, -0.2) is 18.1 Å². The molecule has 9 heteroatoms. The largest absolute Gasteiger partial charge is 0.336 e. The van der Waals surface area contributed by atoms with Gasteiger partial charge in [0.15, 0.2) is 0 Å². The second kappa shape index (κ2) is 6.91. The molecule has 1 aliphatic heterocycles.